The SMILES string of the molecule is [C-]#[N+]N1CCc2c([nH]c3ccccc23)[C@@H](OCc2ccccc2)C[C@H]2[C@@H](CC[C@H](O)[C@@H]2C(=O)OC)C1. The maximum atomic E-state index is 12.9. The van der Waals surface area contributed by atoms with Crippen molar-refractivity contribution >= 4 is 16.9 Å². The Labute approximate surface area is 211 Å². The highest BCUT2D eigenvalue weighted by Gasteiger charge is 2.46. The van der Waals surface area contributed by atoms with Crippen molar-refractivity contribution in [2.45, 2.75) is 44.5 Å². The molecule has 7 nitrogen and oxygen atoms in total. The molecule has 2 aliphatic rings. The Kier molecular flexibility index (Phi) is 7.26. The summed E-state index contributed by atoms with van der Waals surface area (Å²) in [7, 11) is 1.38. The Hall–Kier alpha value is -3.34. The molecule has 1 aliphatic heterocycles. The van der Waals surface area contributed by atoms with Gasteiger partial charge in [0, 0.05) is 16.6 Å². The molecule has 0 radical (unpaired) electrons. The number of nitrogens with one attached hydrogen (secondary N) is 1. The van der Waals surface area contributed by atoms with Gasteiger partial charge in [0.2, 0.25) is 0 Å². The van der Waals surface area contributed by atoms with Crippen molar-refractivity contribution in [2.75, 3.05) is 20.2 Å². The summed E-state index contributed by atoms with van der Waals surface area (Å²) >= 11 is 0. The average molecular weight is 488 g/mol. The molecule has 5 atom stereocenters. The van der Waals surface area contributed by atoms with E-state index in [1.54, 1.807) is 5.01 Å². The molecule has 0 bridgehead atoms. The van der Waals surface area contributed by atoms with Gasteiger partial charge < -0.3 is 19.6 Å². The number of benzene rings is 2. The van der Waals surface area contributed by atoms with Crippen molar-refractivity contribution in [1.29, 1.82) is 0 Å². The second-order valence-electron chi connectivity index (χ2n) is 9.96. The highest BCUT2D eigenvalue weighted by Crippen LogP contribution is 2.44. The van der Waals surface area contributed by atoms with Gasteiger partial charge in [0.1, 0.15) is 0 Å². The van der Waals surface area contributed by atoms with E-state index >= 15 is 0 Å². The summed E-state index contributed by atoms with van der Waals surface area (Å²) in [4.78, 5) is 20.3. The first-order valence-electron chi connectivity index (χ1n) is 12.7. The zero-order valence-electron chi connectivity index (χ0n) is 20.6. The third-order valence-corrected chi connectivity index (χ3v) is 7.94. The first-order valence-corrected chi connectivity index (χ1v) is 12.7. The topological polar surface area (TPSA) is 79.2 Å². The van der Waals surface area contributed by atoms with Gasteiger partial charge in [-0.05, 0) is 54.7 Å². The molecule has 1 saturated carbocycles. The van der Waals surface area contributed by atoms with Crippen molar-refractivity contribution in [2.24, 2.45) is 17.8 Å². The number of carbonyl (C=O) groups excluding carboxylic acids is 1. The lowest BCUT2D eigenvalue weighted by Crippen LogP contribution is -2.47. The fourth-order valence-corrected chi connectivity index (χ4v) is 6.14. The van der Waals surface area contributed by atoms with Gasteiger partial charge in [-0.2, -0.15) is 11.5 Å². The highest BCUT2D eigenvalue weighted by atomic mass is 16.5. The molecule has 5 rings (SSSR count). The van der Waals surface area contributed by atoms with Crippen LogP contribution < -0.4 is 0 Å². The van der Waals surface area contributed by atoms with Gasteiger partial charge in [-0.25, -0.2) is 0 Å². The Morgan fingerprint density at radius 2 is 1.94 bits per heavy atom. The van der Waals surface area contributed by atoms with E-state index in [0.717, 1.165) is 40.6 Å². The van der Waals surface area contributed by atoms with Crippen molar-refractivity contribution < 1.29 is 19.4 Å². The van der Waals surface area contributed by atoms with Crippen LogP contribution in [0.2, 0.25) is 0 Å². The van der Waals surface area contributed by atoms with Crippen LogP contribution >= 0.6 is 0 Å². The minimum atomic E-state index is -0.764. The molecule has 1 fully saturated rings. The summed E-state index contributed by atoms with van der Waals surface area (Å²) in [5.74, 6) is -1.12. The maximum Gasteiger partial charge on any atom is 0.311 e. The molecule has 36 heavy (non-hydrogen) atoms. The molecule has 2 aromatic carbocycles. The number of para-hydroxylation sites is 1. The van der Waals surface area contributed by atoms with Crippen molar-refractivity contribution in [1.82, 2.24) is 9.99 Å². The Morgan fingerprint density at radius 1 is 1.17 bits per heavy atom. The van der Waals surface area contributed by atoms with Crippen LogP contribution in [0.5, 0.6) is 0 Å². The smallest absolute Gasteiger partial charge is 0.311 e. The van der Waals surface area contributed by atoms with Crippen LogP contribution in [0, 0.1) is 24.3 Å². The van der Waals surface area contributed by atoms with E-state index in [1.807, 2.05) is 42.5 Å². The molecule has 0 amide bonds. The van der Waals surface area contributed by atoms with E-state index in [4.69, 9.17) is 16.0 Å². The normalized spacial score (nSPS) is 26.5. The third kappa shape index (κ3) is 4.84. The number of ether oxygens (including phenoxy) is 2. The van der Waals surface area contributed by atoms with Crippen molar-refractivity contribution in [3.63, 3.8) is 0 Å². The molecule has 0 spiro atoms. The fraction of sp³-hybridized carbons (Fsp3) is 0.448. The van der Waals surface area contributed by atoms with Gasteiger partial charge in [-0.15, -0.1) is 5.01 Å². The number of fused-ring (bicyclic) bond motifs is 4. The molecule has 0 saturated heterocycles. The minimum Gasteiger partial charge on any atom is -0.469 e. The number of H-pyrrole nitrogens is 1. The Morgan fingerprint density at radius 3 is 2.72 bits per heavy atom. The molecule has 3 aromatic rings. The number of hydrogen-bond donors (Lipinski definition) is 2. The second-order valence-corrected chi connectivity index (χ2v) is 9.96. The number of aliphatic hydroxyl groups is 1. The van der Waals surface area contributed by atoms with Gasteiger partial charge in [0.05, 0.1) is 44.9 Å². The van der Waals surface area contributed by atoms with Crippen LogP contribution in [-0.2, 0) is 27.3 Å². The van der Waals surface area contributed by atoms with Gasteiger partial charge in [-0.1, -0.05) is 48.5 Å². The van der Waals surface area contributed by atoms with E-state index in [9.17, 15) is 9.90 Å². The predicted octanol–water partition coefficient (Wildman–Crippen LogP) is 4.68. The average Bonchev–Trinajstić information content (AvgIpc) is 3.28. The lowest BCUT2D eigenvalue weighted by atomic mass is 9.67. The maximum absolute atomic E-state index is 12.9. The molecule has 0 unspecified atom stereocenters. The molecular weight excluding hydrogens is 454 g/mol. The summed E-state index contributed by atoms with van der Waals surface area (Å²) < 4.78 is 11.8. The number of esters is 1. The molecular formula is C29H33N3O4. The minimum absolute atomic E-state index is 0.0837. The quantitative estimate of drug-likeness (QED) is 0.413. The summed E-state index contributed by atoms with van der Waals surface area (Å²) in [6.45, 7) is 9.40. The molecule has 1 aromatic heterocycles. The van der Waals surface area contributed by atoms with E-state index < -0.39 is 12.0 Å². The first-order chi connectivity index (χ1) is 17.6. The van der Waals surface area contributed by atoms with Crippen LogP contribution in [0.15, 0.2) is 54.6 Å². The molecule has 2 N–H and O–H groups in total. The predicted molar refractivity (Wildman–Crippen MR) is 136 cm³/mol. The van der Waals surface area contributed by atoms with Crippen molar-refractivity contribution in [3.05, 3.63) is 82.9 Å². The van der Waals surface area contributed by atoms with Gasteiger partial charge in [-0.3, -0.25) is 4.79 Å². The van der Waals surface area contributed by atoms with Crippen LogP contribution in [0.3, 0.4) is 0 Å². The number of aliphatic hydroxyl groups excluding tert-OH is 1. The van der Waals surface area contributed by atoms with Crippen molar-refractivity contribution in [3.8, 4) is 0 Å². The lowest BCUT2D eigenvalue weighted by molar-refractivity contribution is -0.158. The standard InChI is InChI=1S/C29H33N3O4/c1-30-32-15-14-22-21-10-6-7-11-24(21)31-28(22)26(36-18-19-8-4-3-5-9-19)16-23-20(17-32)12-13-25(33)27(23)29(34)35-2/h3-11,20,23,25-27,31,33H,12-18H2,2H3/t20-,23-,25-,26-,27+/m0/s1. The zero-order valence-corrected chi connectivity index (χ0v) is 20.6. The first kappa shape index (κ1) is 24.4. The largest absolute Gasteiger partial charge is 0.469 e. The molecule has 7 heteroatoms. The number of carbonyl (C=O) groups is 1. The lowest BCUT2D eigenvalue weighted by Gasteiger charge is -2.41. The molecule has 188 valence electrons. The number of aromatic amines is 1. The number of nitrogens with zero attached hydrogens (tertiary/aromatic N) is 2. The summed E-state index contributed by atoms with van der Waals surface area (Å²) in [6, 6.07) is 18.3. The number of rotatable bonds is 4. The Balaban J connectivity index is 1.59. The monoisotopic (exact) mass is 487 g/mol. The summed E-state index contributed by atoms with van der Waals surface area (Å²) in [6.07, 6.45) is 1.51. The van der Waals surface area contributed by atoms with E-state index in [-0.39, 0.29) is 23.9 Å². The van der Waals surface area contributed by atoms with E-state index in [2.05, 4.69) is 22.1 Å². The highest BCUT2D eigenvalue weighted by molar-refractivity contribution is 5.84. The van der Waals surface area contributed by atoms with E-state index in [0.29, 0.717) is 32.5 Å². The van der Waals surface area contributed by atoms with Crippen LogP contribution in [0.4, 0.5) is 0 Å². The van der Waals surface area contributed by atoms with E-state index in [1.165, 1.54) is 7.11 Å². The molecule has 2 heterocycles. The number of aromatic nitrogens is 1. The number of hydrogen-bond acceptors (Lipinski definition) is 5. The van der Waals surface area contributed by atoms with Gasteiger partial charge >= 0.3 is 5.97 Å². The second kappa shape index (κ2) is 10.7. The van der Waals surface area contributed by atoms with Crippen LogP contribution in [0.1, 0.15) is 42.2 Å². The van der Waals surface area contributed by atoms with Gasteiger partial charge in [0.25, 0.3) is 0 Å². The zero-order chi connectivity index (χ0) is 25.1. The van der Waals surface area contributed by atoms with Crippen LogP contribution in [-0.4, -0.2) is 47.4 Å². The Bertz CT molecular complexity index is 1230. The summed E-state index contributed by atoms with van der Waals surface area (Å²) in [5.41, 5.74) is 4.27. The number of methoxy groups -OCH3 is 1. The van der Waals surface area contributed by atoms with Gasteiger partial charge in [0.15, 0.2) is 0 Å². The molecule has 1 aliphatic carbocycles. The van der Waals surface area contributed by atoms with Crippen LogP contribution in [0.25, 0.3) is 15.9 Å². The third-order valence-electron chi connectivity index (χ3n) is 7.94. The summed E-state index contributed by atoms with van der Waals surface area (Å²) in [5, 5.41) is 13.8. The fourth-order valence-electron chi connectivity index (χ4n) is 6.14.